The zero-order valence-corrected chi connectivity index (χ0v) is 14.0. The molecule has 1 fully saturated rings. The Balaban J connectivity index is 0.00000180. The number of rotatable bonds is 4. The van der Waals surface area contributed by atoms with E-state index in [1.54, 1.807) is 0 Å². The van der Waals surface area contributed by atoms with Crippen molar-refractivity contribution in [1.29, 1.82) is 0 Å². The van der Waals surface area contributed by atoms with Crippen LogP contribution in [-0.2, 0) is 13.0 Å². The topological polar surface area (TPSA) is 53.7 Å². The monoisotopic (exact) mass is 378 g/mol. The highest BCUT2D eigenvalue weighted by Gasteiger charge is 2.15. The lowest BCUT2D eigenvalue weighted by Crippen LogP contribution is -2.39. The number of aromatic nitrogens is 1. The van der Waals surface area contributed by atoms with Gasteiger partial charge in [0.2, 0.25) is 0 Å². The molecule has 1 aliphatic heterocycles. The lowest BCUT2D eigenvalue weighted by Gasteiger charge is -2.20. The molecule has 0 radical (unpaired) electrons. The molecule has 1 saturated heterocycles. The number of likely N-dealkylation sites (tertiary alicyclic amines) is 1. The lowest BCUT2D eigenvalue weighted by molar-refractivity contribution is 0.378. The average Bonchev–Trinajstić information content (AvgIpc) is 3.05. The van der Waals surface area contributed by atoms with Crippen LogP contribution in [0.1, 0.15) is 38.1 Å². The Labute approximate surface area is 131 Å². The number of guanidine groups is 1. The molecule has 0 atom stereocenters. The molecule has 2 rings (SSSR count). The first-order chi connectivity index (χ1) is 8.83. The van der Waals surface area contributed by atoms with Gasteiger partial charge in [-0.3, -0.25) is 0 Å². The van der Waals surface area contributed by atoms with Crippen molar-refractivity contribution in [3.05, 3.63) is 17.5 Å². The third-order valence-electron chi connectivity index (χ3n) is 3.10. The molecule has 5 nitrogen and oxygen atoms in total. The lowest BCUT2D eigenvalue weighted by atomic mass is 10.3. The van der Waals surface area contributed by atoms with Crippen LogP contribution in [-0.4, -0.2) is 35.7 Å². The summed E-state index contributed by atoms with van der Waals surface area (Å²) in [7, 11) is 0. The fourth-order valence-electron chi connectivity index (χ4n) is 2.10. The fourth-order valence-corrected chi connectivity index (χ4v) is 2.10. The fraction of sp³-hybridized carbons (Fsp3) is 0.692. The van der Waals surface area contributed by atoms with E-state index < -0.39 is 0 Å². The maximum Gasteiger partial charge on any atom is 0.194 e. The Hall–Kier alpha value is -0.790. The highest BCUT2D eigenvalue weighted by Crippen LogP contribution is 2.09. The zero-order chi connectivity index (χ0) is 12.8. The second-order valence-electron chi connectivity index (χ2n) is 4.50. The number of halogens is 1. The van der Waals surface area contributed by atoms with Crippen molar-refractivity contribution in [3.63, 3.8) is 0 Å². The Morgan fingerprint density at radius 3 is 2.74 bits per heavy atom. The first kappa shape index (κ1) is 16.3. The first-order valence-electron chi connectivity index (χ1n) is 6.81. The van der Waals surface area contributed by atoms with E-state index in [-0.39, 0.29) is 24.0 Å². The van der Waals surface area contributed by atoms with Crippen LogP contribution in [0.4, 0.5) is 0 Å². The van der Waals surface area contributed by atoms with Gasteiger partial charge in [-0.05, 0) is 26.2 Å². The molecule has 2 heterocycles. The zero-order valence-electron chi connectivity index (χ0n) is 11.7. The van der Waals surface area contributed by atoms with Crippen LogP contribution in [0.15, 0.2) is 15.6 Å². The summed E-state index contributed by atoms with van der Waals surface area (Å²) >= 11 is 0. The maximum absolute atomic E-state index is 5.24. The van der Waals surface area contributed by atoms with Crippen LogP contribution in [0.25, 0.3) is 0 Å². The number of nitrogens with one attached hydrogen (secondary N) is 1. The summed E-state index contributed by atoms with van der Waals surface area (Å²) in [5.41, 5.74) is 0.992. The first-order valence-corrected chi connectivity index (χ1v) is 6.81. The molecule has 108 valence electrons. The number of hydrogen-bond donors (Lipinski definition) is 1. The van der Waals surface area contributed by atoms with Crippen molar-refractivity contribution >= 4 is 29.9 Å². The second-order valence-corrected chi connectivity index (χ2v) is 4.50. The SMILES string of the molecule is CCNC(=NCc1cc(CC)no1)N1CCCC1.I. The van der Waals surface area contributed by atoms with Crippen LogP contribution < -0.4 is 5.32 Å². The van der Waals surface area contributed by atoms with Crippen molar-refractivity contribution < 1.29 is 4.52 Å². The minimum Gasteiger partial charge on any atom is -0.359 e. The van der Waals surface area contributed by atoms with E-state index in [4.69, 9.17) is 4.52 Å². The van der Waals surface area contributed by atoms with Gasteiger partial charge in [-0.2, -0.15) is 0 Å². The third kappa shape index (κ3) is 4.67. The van der Waals surface area contributed by atoms with E-state index in [2.05, 4.69) is 34.2 Å². The summed E-state index contributed by atoms with van der Waals surface area (Å²) in [5.74, 6) is 1.82. The van der Waals surface area contributed by atoms with E-state index in [1.807, 2.05) is 6.07 Å². The molecule has 1 aromatic heterocycles. The Morgan fingerprint density at radius 1 is 1.42 bits per heavy atom. The van der Waals surface area contributed by atoms with Gasteiger partial charge in [0.05, 0.1) is 5.69 Å². The summed E-state index contributed by atoms with van der Waals surface area (Å²) in [6, 6.07) is 1.98. The standard InChI is InChI=1S/C13H22N4O.HI/c1-3-11-9-12(18-16-11)10-15-13(14-4-2)17-7-5-6-8-17;/h9H,3-8,10H2,1-2H3,(H,14,15);1H. The van der Waals surface area contributed by atoms with Crippen molar-refractivity contribution in [1.82, 2.24) is 15.4 Å². The number of aryl methyl sites for hydroxylation is 1. The van der Waals surface area contributed by atoms with Crippen LogP contribution in [0.2, 0.25) is 0 Å². The van der Waals surface area contributed by atoms with Crippen LogP contribution in [0.3, 0.4) is 0 Å². The van der Waals surface area contributed by atoms with Crippen molar-refractivity contribution in [2.24, 2.45) is 4.99 Å². The third-order valence-corrected chi connectivity index (χ3v) is 3.10. The van der Waals surface area contributed by atoms with Crippen LogP contribution in [0, 0.1) is 0 Å². The van der Waals surface area contributed by atoms with Gasteiger partial charge in [0.1, 0.15) is 6.54 Å². The van der Waals surface area contributed by atoms with Crippen molar-refractivity contribution in [3.8, 4) is 0 Å². The molecule has 1 aromatic rings. The van der Waals surface area contributed by atoms with Gasteiger partial charge in [-0.15, -0.1) is 24.0 Å². The molecule has 1 N–H and O–H groups in total. The summed E-state index contributed by atoms with van der Waals surface area (Å²) < 4.78 is 5.24. The minimum absolute atomic E-state index is 0. The predicted octanol–water partition coefficient (Wildman–Crippen LogP) is 2.42. The Kier molecular flexibility index (Phi) is 7.19. The number of nitrogens with zero attached hydrogens (tertiary/aromatic N) is 3. The highest BCUT2D eigenvalue weighted by molar-refractivity contribution is 14.0. The van der Waals surface area contributed by atoms with E-state index >= 15 is 0 Å². The van der Waals surface area contributed by atoms with Gasteiger partial charge in [0.15, 0.2) is 11.7 Å². The summed E-state index contributed by atoms with van der Waals surface area (Å²) in [6.45, 7) is 7.82. The van der Waals surface area contributed by atoms with E-state index in [0.29, 0.717) is 6.54 Å². The summed E-state index contributed by atoms with van der Waals surface area (Å²) in [4.78, 5) is 6.92. The number of aliphatic imine (C=N–C) groups is 1. The van der Waals surface area contributed by atoms with Crippen molar-refractivity contribution in [2.75, 3.05) is 19.6 Å². The van der Waals surface area contributed by atoms with E-state index in [0.717, 1.165) is 43.5 Å². The molecular weight excluding hydrogens is 355 g/mol. The molecular formula is C13H23IN4O. The molecule has 0 saturated carbocycles. The molecule has 0 amide bonds. The molecule has 0 bridgehead atoms. The Bertz CT molecular complexity index is 399. The molecule has 0 unspecified atom stereocenters. The quantitative estimate of drug-likeness (QED) is 0.497. The van der Waals surface area contributed by atoms with Crippen molar-refractivity contribution in [2.45, 2.75) is 39.7 Å². The maximum atomic E-state index is 5.24. The van der Waals surface area contributed by atoms with Gasteiger partial charge < -0.3 is 14.7 Å². The molecule has 0 aliphatic carbocycles. The molecule has 0 aromatic carbocycles. The predicted molar refractivity (Wildman–Crippen MR) is 86.9 cm³/mol. The van der Waals surface area contributed by atoms with Gasteiger partial charge in [0, 0.05) is 25.7 Å². The van der Waals surface area contributed by atoms with Crippen LogP contribution >= 0.6 is 24.0 Å². The summed E-state index contributed by atoms with van der Waals surface area (Å²) in [5, 5.41) is 7.31. The molecule has 0 spiro atoms. The van der Waals surface area contributed by atoms with Gasteiger partial charge in [-0.25, -0.2) is 4.99 Å². The van der Waals surface area contributed by atoms with E-state index in [9.17, 15) is 0 Å². The summed E-state index contributed by atoms with van der Waals surface area (Å²) in [6.07, 6.45) is 3.42. The minimum atomic E-state index is 0. The molecule has 6 heteroatoms. The van der Waals surface area contributed by atoms with Gasteiger partial charge >= 0.3 is 0 Å². The normalized spacial score (nSPS) is 15.5. The Morgan fingerprint density at radius 2 is 2.16 bits per heavy atom. The second kappa shape index (κ2) is 8.39. The largest absolute Gasteiger partial charge is 0.359 e. The van der Waals surface area contributed by atoms with Crippen LogP contribution in [0.5, 0.6) is 0 Å². The van der Waals surface area contributed by atoms with Gasteiger partial charge in [0.25, 0.3) is 0 Å². The smallest absolute Gasteiger partial charge is 0.194 e. The van der Waals surface area contributed by atoms with Gasteiger partial charge in [-0.1, -0.05) is 12.1 Å². The molecule has 1 aliphatic rings. The van der Waals surface area contributed by atoms with E-state index in [1.165, 1.54) is 12.8 Å². The highest BCUT2D eigenvalue weighted by atomic mass is 127. The molecule has 19 heavy (non-hydrogen) atoms. The number of hydrogen-bond acceptors (Lipinski definition) is 3. The average molecular weight is 378 g/mol.